The fourth-order valence-corrected chi connectivity index (χ4v) is 1.11. The maximum absolute atomic E-state index is 11.5. The van der Waals surface area contributed by atoms with Crippen LogP contribution in [0.2, 0.25) is 0 Å². The molecule has 0 aromatic heterocycles. The van der Waals surface area contributed by atoms with E-state index in [1.165, 1.54) is 0 Å². The maximum Gasteiger partial charge on any atom is 0.434 e. The van der Waals surface area contributed by atoms with Gasteiger partial charge in [0, 0.05) is 0 Å². The van der Waals surface area contributed by atoms with Gasteiger partial charge in [-0.05, 0) is 27.7 Å². The number of hydrazone groups is 1. The van der Waals surface area contributed by atoms with Crippen LogP contribution in [0.4, 0.5) is 4.79 Å². The molecular formula is C9H16N2O4. The predicted molar refractivity (Wildman–Crippen MR) is 53.1 cm³/mol. The second kappa shape index (κ2) is 4.37. The molecule has 0 N–H and O–H groups in total. The normalized spacial score (nSPS) is 18.1. The molecule has 1 amide bonds. The SMILES string of the molecule is CCOC(=O)N1N=C(OCC)OC1(C)C. The molecule has 1 aliphatic rings. The number of nitrogens with zero attached hydrogens (tertiary/aromatic N) is 2. The van der Waals surface area contributed by atoms with Crippen molar-refractivity contribution >= 4 is 12.2 Å². The summed E-state index contributed by atoms with van der Waals surface area (Å²) in [5.41, 5.74) is -0.864. The van der Waals surface area contributed by atoms with Crippen LogP contribution in [-0.4, -0.2) is 36.1 Å². The monoisotopic (exact) mass is 216 g/mol. The van der Waals surface area contributed by atoms with E-state index in [0.717, 1.165) is 5.01 Å². The molecule has 0 saturated carbocycles. The maximum atomic E-state index is 11.5. The zero-order valence-electron chi connectivity index (χ0n) is 9.44. The second-order valence-corrected chi connectivity index (χ2v) is 3.36. The Morgan fingerprint density at radius 3 is 2.67 bits per heavy atom. The Morgan fingerprint density at radius 1 is 1.47 bits per heavy atom. The van der Waals surface area contributed by atoms with Gasteiger partial charge in [0.25, 0.3) is 0 Å². The lowest BCUT2D eigenvalue weighted by molar-refractivity contribution is -0.0372. The zero-order chi connectivity index (χ0) is 11.5. The Morgan fingerprint density at radius 2 is 2.13 bits per heavy atom. The summed E-state index contributed by atoms with van der Waals surface area (Å²) in [5.74, 6) is 0. The average Bonchev–Trinajstić information content (AvgIpc) is 2.42. The van der Waals surface area contributed by atoms with Crippen LogP contribution in [-0.2, 0) is 14.2 Å². The van der Waals surface area contributed by atoms with Crippen molar-refractivity contribution in [3.8, 4) is 0 Å². The van der Waals surface area contributed by atoms with Crippen molar-refractivity contribution in [2.24, 2.45) is 5.10 Å². The Hall–Kier alpha value is -1.46. The van der Waals surface area contributed by atoms with Gasteiger partial charge in [-0.2, -0.15) is 0 Å². The Labute approximate surface area is 88.8 Å². The van der Waals surface area contributed by atoms with E-state index in [0.29, 0.717) is 13.2 Å². The summed E-state index contributed by atoms with van der Waals surface area (Å²) in [6.07, 6.45) is -0.451. The van der Waals surface area contributed by atoms with E-state index in [1.54, 1.807) is 20.8 Å². The van der Waals surface area contributed by atoms with Gasteiger partial charge in [0.15, 0.2) is 0 Å². The van der Waals surface area contributed by atoms with E-state index < -0.39 is 11.8 Å². The van der Waals surface area contributed by atoms with E-state index in [4.69, 9.17) is 14.2 Å². The topological polar surface area (TPSA) is 60.4 Å². The van der Waals surface area contributed by atoms with E-state index in [2.05, 4.69) is 5.10 Å². The fraction of sp³-hybridized carbons (Fsp3) is 0.778. The van der Waals surface area contributed by atoms with Crippen molar-refractivity contribution in [3.05, 3.63) is 0 Å². The molecule has 0 spiro atoms. The lowest BCUT2D eigenvalue weighted by Gasteiger charge is -2.25. The van der Waals surface area contributed by atoms with Crippen molar-refractivity contribution in [3.63, 3.8) is 0 Å². The summed E-state index contributed by atoms with van der Waals surface area (Å²) < 4.78 is 15.2. The molecule has 86 valence electrons. The number of carbonyl (C=O) groups is 1. The largest absolute Gasteiger partial charge is 0.450 e. The van der Waals surface area contributed by atoms with Gasteiger partial charge in [0.05, 0.1) is 13.2 Å². The minimum Gasteiger partial charge on any atom is -0.450 e. The van der Waals surface area contributed by atoms with Gasteiger partial charge in [-0.15, -0.1) is 5.01 Å². The Kier molecular flexibility index (Phi) is 3.39. The Bertz CT molecular complexity index is 275. The number of hydrogen-bond donors (Lipinski definition) is 0. The molecular weight excluding hydrogens is 200 g/mol. The van der Waals surface area contributed by atoms with Gasteiger partial charge in [-0.1, -0.05) is 5.10 Å². The summed E-state index contributed by atoms with van der Waals surface area (Å²) >= 11 is 0. The minimum absolute atomic E-state index is 0.0931. The molecule has 0 aromatic carbocycles. The quantitative estimate of drug-likeness (QED) is 0.702. The van der Waals surface area contributed by atoms with Gasteiger partial charge in [-0.25, -0.2) is 4.79 Å². The van der Waals surface area contributed by atoms with Crippen LogP contribution in [0.25, 0.3) is 0 Å². The minimum atomic E-state index is -0.864. The first-order chi connectivity index (χ1) is 7.01. The van der Waals surface area contributed by atoms with E-state index >= 15 is 0 Å². The van der Waals surface area contributed by atoms with Crippen LogP contribution in [0.1, 0.15) is 27.7 Å². The number of amides is 1. The zero-order valence-corrected chi connectivity index (χ0v) is 9.44. The van der Waals surface area contributed by atoms with Gasteiger partial charge in [0.2, 0.25) is 5.72 Å². The number of rotatable bonds is 2. The number of ether oxygens (including phenoxy) is 3. The fourth-order valence-electron chi connectivity index (χ4n) is 1.11. The Balaban J connectivity index is 2.72. The highest BCUT2D eigenvalue weighted by molar-refractivity contribution is 5.76. The van der Waals surface area contributed by atoms with Crippen LogP contribution < -0.4 is 0 Å². The summed E-state index contributed by atoms with van der Waals surface area (Å²) in [4.78, 5) is 11.5. The molecule has 0 atom stereocenters. The summed E-state index contributed by atoms with van der Waals surface area (Å²) in [7, 11) is 0. The highest BCUT2D eigenvalue weighted by Gasteiger charge is 2.42. The van der Waals surface area contributed by atoms with Crippen LogP contribution in [0, 0.1) is 0 Å². The van der Waals surface area contributed by atoms with Gasteiger partial charge in [0.1, 0.15) is 0 Å². The first kappa shape index (κ1) is 11.6. The van der Waals surface area contributed by atoms with E-state index in [1.807, 2.05) is 6.92 Å². The molecule has 1 heterocycles. The number of hydrogen-bond acceptors (Lipinski definition) is 5. The third-order valence-electron chi connectivity index (χ3n) is 1.74. The van der Waals surface area contributed by atoms with Crippen LogP contribution >= 0.6 is 0 Å². The predicted octanol–water partition coefficient (Wildman–Crippen LogP) is 1.52. The highest BCUT2D eigenvalue weighted by Crippen LogP contribution is 2.24. The molecule has 0 fully saturated rings. The van der Waals surface area contributed by atoms with E-state index in [-0.39, 0.29) is 6.08 Å². The smallest absolute Gasteiger partial charge is 0.434 e. The molecule has 0 radical (unpaired) electrons. The first-order valence-corrected chi connectivity index (χ1v) is 4.88. The van der Waals surface area contributed by atoms with Crippen LogP contribution in [0.5, 0.6) is 0 Å². The van der Waals surface area contributed by atoms with Crippen LogP contribution in [0.15, 0.2) is 5.10 Å². The molecule has 1 rings (SSSR count). The molecule has 15 heavy (non-hydrogen) atoms. The third-order valence-corrected chi connectivity index (χ3v) is 1.74. The molecule has 6 heteroatoms. The molecule has 0 bridgehead atoms. The molecule has 1 aliphatic heterocycles. The highest BCUT2D eigenvalue weighted by atomic mass is 16.7. The molecule has 0 unspecified atom stereocenters. The third kappa shape index (κ3) is 2.51. The van der Waals surface area contributed by atoms with E-state index in [9.17, 15) is 4.79 Å². The molecule has 6 nitrogen and oxygen atoms in total. The molecule has 0 saturated heterocycles. The van der Waals surface area contributed by atoms with Crippen molar-refractivity contribution in [1.82, 2.24) is 5.01 Å². The first-order valence-electron chi connectivity index (χ1n) is 4.88. The standard InChI is InChI=1S/C9H16N2O4/c1-5-13-7-10-11(8(12)14-6-2)9(3,4)15-7/h5-6H2,1-4H3. The average molecular weight is 216 g/mol. The van der Waals surface area contributed by atoms with Gasteiger partial charge in [-0.3, -0.25) is 0 Å². The summed E-state index contributed by atoms with van der Waals surface area (Å²) in [5, 5.41) is 5.01. The molecule has 0 aromatic rings. The van der Waals surface area contributed by atoms with Crippen LogP contribution in [0.3, 0.4) is 0 Å². The van der Waals surface area contributed by atoms with Crippen molar-refractivity contribution in [2.75, 3.05) is 13.2 Å². The summed E-state index contributed by atoms with van der Waals surface area (Å²) in [6.45, 7) is 7.69. The lowest BCUT2D eigenvalue weighted by Crippen LogP contribution is -2.42. The van der Waals surface area contributed by atoms with Crippen molar-refractivity contribution in [2.45, 2.75) is 33.4 Å². The van der Waals surface area contributed by atoms with Gasteiger partial charge < -0.3 is 14.2 Å². The number of carbonyl (C=O) groups excluding carboxylic acids is 1. The molecule has 0 aliphatic carbocycles. The van der Waals surface area contributed by atoms with Crippen molar-refractivity contribution in [1.29, 1.82) is 0 Å². The summed E-state index contributed by atoms with van der Waals surface area (Å²) in [6, 6.07) is 0. The van der Waals surface area contributed by atoms with Crippen molar-refractivity contribution < 1.29 is 19.0 Å². The lowest BCUT2D eigenvalue weighted by atomic mass is 10.3. The second-order valence-electron chi connectivity index (χ2n) is 3.36. The van der Waals surface area contributed by atoms with Gasteiger partial charge >= 0.3 is 12.2 Å².